The fourth-order valence-electron chi connectivity index (χ4n) is 3.01. The van der Waals surface area contributed by atoms with Crippen LogP contribution in [0, 0.1) is 0 Å². The van der Waals surface area contributed by atoms with Gasteiger partial charge in [0.1, 0.15) is 11.3 Å². The van der Waals surface area contributed by atoms with Gasteiger partial charge in [0, 0.05) is 6.07 Å². The zero-order valence-corrected chi connectivity index (χ0v) is 25.4. The van der Waals surface area contributed by atoms with Gasteiger partial charge in [0.2, 0.25) is 0 Å². The first-order chi connectivity index (χ1) is 24.8. The molecule has 0 aliphatic rings. The Morgan fingerprint density at radius 3 is 1.09 bits per heavy atom. The number of esters is 1. The van der Waals surface area contributed by atoms with Gasteiger partial charge in [0.05, 0.1) is 0 Å². The van der Waals surface area contributed by atoms with Gasteiger partial charge in [-0.15, -0.1) is 0 Å². The Morgan fingerprint density at radius 2 is 0.768 bits per heavy atom. The molecule has 0 fully saturated rings. The molecular weight excluding hydrogens is 872 g/mol. The summed E-state index contributed by atoms with van der Waals surface area (Å²) in [6, 6.07) is -0.533. The van der Waals surface area contributed by atoms with Gasteiger partial charge in [-0.1, -0.05) is 0 Å². The Balaban J connectivity index is 3.47. The molecule has 0 N–H and O–H groups in total. The molecule has 32 heteroatoms. The SMILES string of the molecule is O=C(OCC(F)(F)C(F)(F)C(F)(F)C(F)F)Oc1ccc(C(=O)OCC(F)(F)C(F)(F)C(F)(F)C(F)F)c(OC(=O)OCC(F)(F)C(F)(F)C(F)(F)C(F)F)c1. The van der Waals surface area contributed by atoms with Crippen LogP contribution in [-0.2, 0) is 14.2 Å². The summed E-state index contributed by atoms with van der Waals surface area (Å²) in [5, 5.41) is 0. The Kier molecular flexibility index (Phi) is 14.3. The van der Waals surface area contributed by atoms with Gasteiger partial charge in [-0.25, -0.2) is 40.7 Å². The van der Waals surface area contributed by atoms with E-state index >= 15 is 0 Å². The lowest BCUT2D eigenvalue weighted by Crippen LogP contribution is -2.59. The highest BCUT2D eigenvalue weighted by Gasteiger charge is 2.77. The Bertz CT molecular complexity index is 1560. The van der Waals surface area contributed by atoms with Crippen molar-refractivity contribution in [3.05, 3.63) is 23.8 Å². The summed E-state index contributed by atoms with van der Waals surface area (Å²) in [7, 11) is 0. The summed E-state index contributed by atoms with van der Waals surface area (Å²) in [4.78, 5) is 35.8. The molecule has 0 bridgehead atoms. The van der Waals surface area contributed by atoms with Gasteiger partial charge in [-0.2, -0.15) is 79.0 Å². The highest BCUT2D eigenvalue weighted by molar-refractivity contribution is 5.93. The second kappa shape index (κ2) is 16.2. The first-order valence-corrected chi connectivity index (χ1v) is 13.0. The van der Waals surface area contributed by atoms with E-state index in [0.29, 0.717) is 0 Å². The standard InChI is InChI=1S/C24H12F24O8/c25-11(26)19(37,38)22(43,44)16(31,32)4-52-10(49)8-2-1-7(55-14(50)53-5-17(33,34)23(45,46)20(39,40)12(27)28)3-9(8)56-15(51)54-6-18(35,36)24(47,48)21(41,42)13(29)30/h1-3,11-13H,4-6H2. The number of ether oxygens (including phenoxy) is 5. The van der Waals surface area contributed by atoms with Crippen molar-refractivity contribution in [2.75, 3.05) is 19.8 Å². The number of halogens is 24. The third-order valence-corrected chi connectivity index (χ3v) is 6.15. The molecular formula is C24H12F24O8. The Hall–Kier alpha value is -4.45. The molecule has 0 aliphatic heterocycles. The molecule has 0 aliphatic carbocycles. The number of hydrogen-bond acceptors (Lipinski definition) is 8. The van der Waals surface area contributed by atoms with E-state index in [1.54, 1.807) is 0 Å². The lowest BCUT2D eigenvalue weighted by molar-refractivity contribution is -0.343. The molecule has 0 saturated heterocycles. The monoisotopic (exact) mass is 884 g/mol. The van der Waals surface area contributed by atoms with E-state index in [2.05, 4.69) is 23.7 Å². The van der Waals surface area contributed by atoms with Crippen LogP contribution >= 0.6 is 0 Å². The summed E-state index contributed by atoms with van der Waals surface area (Å²) in [6.07, 6.45) is -22.2. The second-order valence-electron chi connectivity index (χ2n) is 10.1. The smallest absolute Gasteiger partial charge is 0.455 e. The second-order valence-corrected chi connectivity index (χ2v) is 10.1. The molecule has 0 atom stereocenters. The number of benzene rings is 1. The van der Waals surface area contributed by atoms with E-state index < -0.39 is 128 Å². The zero-order valence-electron chi connectivity index (χ0n) is 25.4. The Labute approximate surface area is 290 Å². The molecule has 1 aromatic rings. The maximum atomic E-state index is 13.8. The quantitative estimate of drug-likeness (QED) is 0.0623. The highest BCUT2D eigenvalue weighted by atomic mass is 19.4. The first-order valence-electron chi connectivity index (χ1n) is 13.0. The van der Waals surface area contributed by atoms with Crippen molar-refractivity contribution in [1.29, 1.82) is 0 Å². The van der Waals surface area contributed by atoms with Crippen LogP contribution in [0.4, 0.5) is 115 Å². The summed E-state index contributed by atoms with van der Waals surface area (Å²) in [6.45, 7) is -9.93. The fourth-order valence-corrected chi connectivity index (χ4v) is 3.01. The number of carbonyl (C=O) groups is 3. The van der Waals surface area contributed by atoms with Crippen molar-refractivity contribution in [3.8, 4) is 11.5 Å². The van der Waals surface area contributed by atoms with Gasteiger partial charge < -0.3 is 23.7 Å². The number of rotatable bonds is 18. The van der Waals surface area contributed by atoms with E-state index in [1.165, 1.54) is 0 Å². The number of hydrogen-bond donors (Lipinski definition) is 0. The zero-order chi connectivity index (χ0) is 44.5. The summed E-state index contributed by atoms with van der Waals surface area (Å²) >= 11 is 0. The summed E-state index contributed by atoms with van der Waals surface area (Å²) in [5.74, 6) is -67.2. The average molecular weight is 884 g/mol. The minimum atomic E-state index is -7.07. The van der Waals surface area contributed by atoms with E-state index in [9.17, 15) is 120 Å². The number of alkyl halides is 24. The summed E-state index contributed by atoms with van der Waals surface area (Å²) < 4.78 is 332. The fraction of sp³-hybridized carbons (Fsp3) is 0.625. The van der Waals surface area contributed by atoms with Crippen LogP contribution in [-0.4, -0.2) is 111 Å². The van der Waals surface area contributed by atoms with Crippen LogP contribution in [0.1, 0.15) is 10.4 Å². The molecule has 0 heterocycles. The highest BCUT2D eigenvalue weighted by Crippen LogP contribution is 2.51. The van der Waals surface area contributed by atoms with Crippen molar-refractivity contribution >= 4 is 18.3 Å². The van der Waals surface area contributed by atoms with Crippen LogP contribution in [0.25, 0.3) is 0 Å². The molecule has 1 aromatic carbocycles. The van der Waals surface area contributed by atoms with Gasteiger partial charge in [0.15, 0.2) is 25.6 Å². The van der Waals surface area contributed by atoms with Crippen LogP contribution in [0.15, 0.2) is 18.2 Å². The van der Waals surface area contributed by atoms with Crippen molar-refractivity contribution in [2.24, 2.45) is 0 Å². The minimum Gasteiger partial charge on any atom is -0.455 e. The van der Waals surface area contributed by atoms with Crippen LogP contribution in [0.5, 0.6) is 11.5 Å². The van der Waals surface area contributed by atoms with Crippen LogP contribution < -0.4 is 9.47 Å². The van der Waals surface area contributed by atoms with Crippen LogP contribution in [0.2, 0.25) is 0 Å². The Morgan fingerprint density at radius 1 is 0.464 bits per heavy atom. The molecule has 8 nitrogen and oxygen atoms in total. The predicted octanol–water partition coefficient (Wildman–Crippen LogP) is 9.39. The predicted molar refractivity (Wildman–Crippen MR) is 123 cm³/mol. The van der Waals surface area contributed by atoms with Crippen molar-refractivity contribution < 1.29 is 143 Å². The normalized spacial score (nSPS) is 14.3. The van der Waals surface area contributed by atoms with Gasteiger partial charge in [0.25, 0.3) is 0 Å². The van der Waals surface area contributed by atoms with Crippen molar-refractivity contribution in [2.45, 2.75) is 72.6 Å². The molecule has 0 amide bonds. The third-order valence-electron chi connectivity index (χ3n) is 6.15. The van der Waals surface area contributed by atoms with Crippen molar-refractivity contribution in [1.82, 2.24) is 0 Å². The maximum Gasteiger partial charge on any atom is 0.514 e. The molecule has 56 heavy (non-hydrogen) atoms. The molecule has 324 valence electrons. The lowest BCUT2D eigenvalue weighted by atomic mass is 10.1. The summed E-state index contributed by atoms with van der Waals surface area (Å²) in [5.41, 5.74) is -1.84. The van der Waals surface area contributed by atoms with Gasteiger partial charge in [-0.05, 0) is 12.1 Å². The molecule has 0 saturated carbocycles. The molecule has 0 spiro atoms. The molecule has 0 aromatic heterocycles. The molecule has 1 rings (SSSR count). The number of carbonyl (C=O) groups excluding carboxylic acids is 3. The lowest BCUT2D eigenvalue weighted by Gasteiger charge is -2.31. The third kappa shape index (κ3) is 9.56. The van der Waals surface area contributed by atoms with E-state index in [4.69, 9.17) is 0 Å². The van der Waals surface area contributed by atoms with Gasteiger partial charge in [-0.3, -0.25) is 0 Å². The molecule has 0 radical (unpaired) electrons. The van der Waals surface area contributed by atoms with E-state index in [0.717, 1.165) is 0 Å². The van der Waals surface area contributed by atoms with Gasteiger partial charge >= 0.3 is 90.9 Å². The largest absolute Gasteiger partial charge is 0.514 e. The van der Waals surface area contributed by atoms with E-state index in [-0.39, 0.29) is 18.2 Å². The van der Waals surface area contributed by atoms with Crippen LogP contribution in [0.3, 0.4) is 0 Å². The topological polar surface area (TPSA) is 97.4 Å². The van der Waals surface area contributed by atoms with Crippen molar-refractivity contribution in [3.63, 3.8) is 0 Å². The van der Waals surface area contributed by atoms with E-state index in [1.807, 2.05) is 0 Å². The molecule has 0 unspecified atom stereocenters. The maximum absolute atomic E-state index is 13.8. The average Bonchev–Trinajstić information content (AvgIpc) is 3.04. The first kappa shape index (κ1) is 49.6. The minimum absolute atomic E-state index is 0.0213.